The molecule has 74 valence electrons. The van der Waals surface area contributed by atoms with Gasteiger partial charge in [-0.3, -0.25) is 4.79 Å². The molecule has 0 fully saturated rings. The van der Waals surface area contributed by atoms with Gasteiger partial charge in [-0.25, -0.2) is 0 Å². The fourth-order valence-corrected chi connectivity index (χ4v) is 1.76. The zero-order valence-corrected chi connectivity index (χ0v) is 8.12. The van der Waals surface area contributed by atoms with Gasteiger partial charge in [0.15, 0.2) is 5.78 Å². The lowest BCUT2D eigenvalue weighted by atomic mass is 9.96. The monoisotopic (exact) mass is 191 g/mol. The maximum absolute atomic E-state index is 11.3. The molecule has 0 aliphatic carbocycles. The van der Waals surface area contributed by atoms with Gasteiger partial charge in [-0.1, -0.05) is 12.1 Å². The van der Waals surface area contributed by atoms with Crippen molar-refractivity contribution in [1.82, 2.24) is 0 Å². The Morgan fingerprint density at radius 2 is 2.36 bits per heavy atom. The molecular formula is C11H13NO2. The Labute approximate surface area is 82.9 Å². The van der Waals surface area contributed by atoms with Gasteiger partial charge in [0, 0.05) is 17.2 Å². The largest absolute Gasteiger partial charge is 0.492 e. The summed E-state index contributed by atoms with van der Waals surface area (Å²) in [7, 11) is 0. The molecule has 0 aromatic heterocycles. The fraction of sp³-hybridized carbons (Fsp3) is 0.364. The normalized spacial score (nSPS) is 19.7. The van der Waals surface area contributed by atoms with E-state index in [1.807, 2.05) is 18.2 Å². The Morgan fingerprint density at radius 1 is 1.57 bits per heavy atom. The van der Waals surface area contributed by atoms with Crippen molar-refractivity contribution >= 4 is 5.78 Å². The maximum Gasteiger partial charge on any atom is 0.160 e. The van der Waals surface area contributed by atoms with Crippen molar-refractivity contribution in [3.8, 4) is 5.75 Å². The minimum atomic E-state index is 0.00278. The predicted octanol–water partition coefficient (Wildman–Crippen LogP) is 1.15. The third-order valence-corrected chi connectivity index (χ3v) is 2.43. The first-order valence-electron chi connectivity index (χ1n) is 4.69. The number of hydrogen-bond donors (Lipinski definition) is 1. The van der Waals surface area contributed by atoms with E-state index in [9.17, 15) is 4.79 Å². The van der Waals surface area contributed by atoms with E-state index in [-0.39, 0.29) is 11.8 Å². The van der Waals surface area contributed by atoms with Crippen LogP contribution in [0.1, 0.15) is 22.8 Å². The van der Waals surface area contributed by atoms with E-state index in [0.29, 0.717) is 6.61 Å². The molecule has 1 heterocycles. The molecule has 0 radical (unpaired) electrons. The number of hydrogen-bond acceptors (Lipinski definition) is 3. The van der Waals surface area contributed by atoms with Crippen LogP contribution in [0.25, 0.3) is 0 Å². The minimum Gasteiger partial charge on any atom is -0.492 e. The lowest BCUT2D eigenvalue weighted by Crippen LogP contribution is -2.34. The van der Waals surface area contributed by atoms with E-state index in [4.69, 9.17) is 10.5 Å². The third kappa shape index (κ3) is 1.51. The van der Waals surface area contributed by atoms with Crippen LogP contribution in [0.5, 0.6) is 5.75 Å². The molecule has 1 aliphatic heterocycles. The van der Waals surface area contributed by atoms with E-state index in [1.54, 1.807) is 6.92 Å². The second kappa shape index (κ2) is 3.42. The Kier molecular flexibility index (Phi) is 2.25. The second-order valence-corrected chi connectivity index (χ2v) is 3.61. The lowest BCUT2D eigenvalue weighted by molar-refractivity contribution is 0.101. The van der Waals surface area contributed by atoms with E-state index >= 15 is 0 Å². The van der Waals surface area contributed by atoms with Crippen LogP contribution in [-0.4, -0.2) is 18.4 Å². The zero-order valence-electron chi connectivity index (χ0n) is 8.12. The summed E-state index contributed by atoms with van der Waals surface area (Å²) in [6, 6.07) is 5.55. The molecule has 1 aromatic rings. The van der Waals surface area contributed by atoms with Crippen molar-refractivity contribution < 1.29 is 9.53 Å². The molecule has 3 heteroatoms. The molecule has 1 aromatic carbocycles. The molecule has 2 N–H and O–H groups in total. The highest BCUT2D eigenvalue weighted by atomic mass is 16.5. The van der Waals surface area contributed by atoms with Crippen LogP contribution in [-0.2, 0) is 6.42 Å². The summed E-state index contributed by atoms with van der Waals surface area (Å²) in [5, 5.41) is 0. The van der Waals surface area contributed by atoms with Gasteiger partial charge < -0.3 is 10.5 Å². The first kappa shape index (κ1) is 9.21. The lowest BCUT2D eigenvalue weighted by Gasteiger charge is -2.23. The summed E-state index contributed by atoms with van der Waals surface area (Å²) in [4.78, 5) is 11.3. The minimum absolute atomic E-state index is 0.00278. The number of carbonyl (C=O) groups is 1. The number of benzene rings is 1. The van der Waals surface area contributed by atoms with E-state index in [0.717, 1.165) is 23.3 Å². The number of ether oxygens (including phenoxy) is 1. The van der Waals surface area contributed by atoms with Gasteiger partial charge in [0.05, 0.1) is 0 Å². The summed E-state index contributed by atoms with van der Waals surface area (Å²) in [5.74, 6) is 0.874. The average Bonchev–Trinajstić information content (AvgIpc) is 2.16. The van der Waals surface area contributed by atoms with Crippen LogP contribution in [0.2, 0.25) is 0 Å². The number of carbonyl (C=O) groups excluding carboxylic acids is 1. The second-order valence-electron chi connectivity index (χ2n) is 3.61. The Hall–Kier alpha value is -1.35. The molecule has 0 bridgehead atoms. The van der Waals surface area contributed by atoms with Gasteiger partial charge in [-0.2, -0.15) is 0 Å². The molecular weight excluding hydrogens is 178 g/mol. The van der Waals surface area contributed by atoms with Crippen molar-refractivity contribution in [3.05, 3.63) is 29.3 Å². The van der Waals surface area contributed by atoms with Crippen molar-refractivity contribution in [1.29, 1.82) is 0 Å². The Morgan fingerprint density at radius 3 is 3.07 bits per heavy atom. The Balaban J connectivity index is 2.48. The molecule has 0 unspecified atom stereocenters. The van der Waals surface area contributed by atoms with Crippen molar-refractivity contribution in [2.24, 2.45) is 5.73 Å². The summed E-state index contributed by atoms with van der Waals surface area (Å²) < 4.78 is 5.45. The molecule has 3 nitrogen and oxygen atoms in total. The van der Waals surface area contributed by atoms with Crippen molar-refractivity contribution in [3.63, 3.8) is 0 Å². The zero-order chi connectivity index (χ0) is 10.1. The Bertz CT molecular complexity index is 374. The molecule has 1 aliphatic rings. The molecule has 0 amide bonds. The number of Topliss-reactive ketones (excluding diaryl/α,β-unsaturated/α-hetero) is 1. The summed E-state index contributed by atoms with van der Waals surface area (Å²) >= 11 is 0. The highest BCUT2D eigenvalue weighted by Gasteiger charge is 2.20. The number of fused-ring (bicyclic) bond motifs is 1. The smallest absolute Gasteiger partial charge is 0.160 e. The number of rotatable bonds is 1. The van der Waals surface area contributed by atoms with Gasteiger partial charge in [-0.05, 0) is 19.4 Å². The SMILES string of the molecule is CC(=O)c1cccc2c1C[C@H](N)CO2. The van der Waals surface area contributed by atoms with Crippen LogP contribution in [0.3, 0.4) is 0 Å². The van der Waals surface area contributed by atoms with Gasteiger partial charge in [0.1, 0.15) is 12.4 Å². The van der Waals surface area contributed by atoms with Gasteiger partial charge in [0.25, 0.3) is 0 Å². The first-order valence-corrected chi connectivity index (χ1v) is 4.69. The molecule has 0 saturated heterocycles. The molecule has 0 saturated carbocycles. The van der Waals surface area contributed by atoms with Crippen LogP contribution in [0.4, 0.5) is 0 Å². The standard InChI is InChI=1S/C11H13NO2/c1-7(13)9-3-2-4-11-10(9)5-8(12)6-14-11/h2-4,8H,5-6,12H2,1H3/t8-/m0/s1. The summed E-state index contributed by atoms with van der Waals surface area (Å²) in [6.45, 7) is 2.10. The summed E-state index contributed by atoms with van der Waals surface area (Å²) in [5.41, 5.74) is 7.47. The van der Waals surface area contributed by atoms with Gasteiger partial charge >= 0.3 is 0 Å². The van der Waals surface area contributed by atoms with E-state index in [2.05, 4.69) is 0 Å². The highest BCUT2D eigenvalue weighted by Crippen LogP contribution is 2.27. The molecule has 2 rings (SSSR count). The van der Waals surface area contributed by atoms with Gasteiger partial charge in [0.2, 0.25) is 0 Å². The number of nitrogens with two attached hydrogens (primary N) is 1. The van der Waals surface area contributed by atoms with Crippen molar-refractivity contribution in [2.45, 2.75) is 19.4 Å². The van der Waals surface area contributed by atoms with Crippen LogP contribution in [0, 0.1) is 0 Å². The van der Waals surface area contributed by atoms with Crippen LogP contribution in [0.15, 0.2) is 18.2 Å². The number of ketones is 1. The topological polar surface area (TPSA) is 52.3 Å². The van der Waals surface area contributed by atoms with Crippen molar-refractivity contribution in [2.75, 3.05) is 6.61 Å². The fourth-order valence-electron chi connectivity index (χ4n) is 1.76. The molecule has 14 heavy (non-hydrogen) atoms. The van der Waals surface area contributed by atoms with E-state index in [1.165, 1.54) is 0 Å². The summed E-state index contributed by atoms with van der Waals surface area (Å²) in [6.07, 6.45) is 0.727. The highest BCUT2D eigenvalue weighted by molar-refractivity contribution is 5.96. The van der Waals surface area contributed by atoms with Crippen LogP contribution < -0.4 is 10.5 Å². The molecule has 0 spiro atoms. The van der Waals surface area contributed by atoms with Crippen LogP contribution >= 0.6 is 0 Å². The quantitative estimate of drug-likeness (QED) is 0.677. The average molecular weight is 191 g/mol. The van der Waals surface area contributed by atoms with E-state index < -0.39 is 0 Å². The first-order chi connectivity index (χ1) is 6.68. The maximum atomic E-state index is 11.3. The third-order valence-electron chi connectivity index (χ3n) is 2.43. The molecule has 1 atom stereocenters. The predicted molar refractivity (Wildman–Crippen MR) is 53.6 cm³/mol. The van der Waals surface area contributed by atoms with Gasteiger partial charge in [-0.15, -0.1) is 0 Å².